The molecule has 1 aromatic carbocycles. The first-order valence-corrected chi connectivity index (χ1v) is 6.97. The largest absolute Gasteiger partial charge is 0.399 e. The topological polar surface area (TPSA) is 92.5 Å². The highest BCUT2D eigenvalue weighted by molar-refractivity contribution is 5.90. The number of aromatic amines is 1. The second-order valence-electron chi connectivity index (χ2n) is 5.05. The first kappa shape index (κ1) is 13.4. The molecule has 0 saturated carbocycles. The number of nitrogens with zero attached hydrogens (tertiary/aromatic N) is 3. The lowest BCUT2D eigenvalue weighted by molar-refractivity contribution is 0.854. The van der Waals surface area contributed by atoms with E-state index in [0.717, 1.165) is 41.8 Å². The summed E-state index contributed by atoms with van der Waals surface area (Å²) >= 11 is 0. The van der Waals surface area contributed by atoms with E-state index in [1.807, 2.05) is 31.3 Å². The first-order chi connectivity index (χ1) is 10.2. The predicted molar refractivity (Wildman–Crippen MR) is 84.1 cm³/mol. The highest BCUT2D eigenvalue weighted by Crippen LogP contribution is 2.21. The van der Waals surface area contributed by atoms with Gasteiger partial charge in [0.25, 0.3) is 0 Å². The third-order valence-electron chi connectivity index (χ3n) is 3.51. The summed E-state index contributed by atoms with van der Waals surface area (Å²) in [4.78, 5) is 8.55. The summed E-state index contributed by atoms with van der Waals surface area (Å²) in [6, 6.07) is 5.68. The molecule has 6 heteroatoms. The summed E-state index contributed by atoms with van der Waals surface area (Å²) in [5, 5.41) is 11.3. The number of nitrogens with one attached hydrogen (secondary N) is 2. The molecule has 0 aliphatic carbocycles. The molecule has 0 saturated heterocycles. The van der Waals surface area contributed by atoms with Crippen molar-refractivity contribution in [1.29, 1.82) is 0 Å². The molecule has 3 rings (SSSR count). The molecule has 0 aliphatic heterocycles. The maximum atomic E-state index is 5.77. The lowest BCUT2D eigenvalue weighted by Crippen LogP contribution is -2.05. The van der Waals surface area contributed by atoms with Gasteiger partial charge in [0.15, 0.2) is 0 Å². The van der Waals surface area contributed by atoms with Gasteiger partial charge in [-0.15, -0.1) is 0 Å². The van der Waals surface area contributed by atoms with Gasteiger partial charge < -0.3 is 11.1 Å². The Hall–Kier alpha value is -2.63. The normalized spacial score (nSPS) is 10.9. The molecule has 6 nitrogen and oxygen atoms in total. The number of nitrogens with two attached hydrogens (primary N) is 1. The first-order valence-electron chi connectivity index (χ1n) is 6.97. The Kier molecular flexibility index (Phi) is 3.68. The van der Waals surface area contributed by atoms with Crippen LogP contribution in [0.4, 0.5) is 11.5 Å². The quantitative estimate of drug-likeness (QED) is 0.493. The smallest absolute Gasteiger partial charge is 0.137 e. The molecule has 4 N–H and O–H groups in total. The molecule has 0 spiro atoms. The summed E-state index contributed by atoms with van der Waals surface area (Å²) in [7, 11) is 0. The predicted octanol–water partition coefficient (Wildman–Crippen LogP) is 2.29. The van der Waals surface area contributed by atoms with Crippen LogP contribution < -0.4 is 11.1 Å². The zero-order valence-electron chi connectivity index (χ0n) is 11.9. The van der Waals surface area contributed by atoms with Gasteiger partial charge in [-0.2, -0.15) is 5.10 Å². The molecule has 2 heterocycles. The molecular formula is C15H18N6. The Morgan fingerprint density at radius 2 is 2.19 bits per heavy atom. The van der Waals surface area contributed by atoms with E-state index in [1.54, 1.807) is 6.33 Å². The molecule has 0 unspecified atom stereocenters. The number of fused-ring (bicyclic) bond motifs is 1. The number of hydrogen-bond acceptors (Lipinski definition) is 5. The number of hydrogen-bond donors (Lipinski definition) is 3. The van der Waals surface area contributed by atoms with Crippen molar-refractivity contribution in [2.75, 3.05) is 17.6 Å². The van der Waals surface area contributed by atoms with E-state index in [0.29, 0.717) is 5.69 Å². The lowest BCUT2D eigenvalue weighted by atomic mass is 10.1. The number of benzene rings is 1. The van der Waals surface area contributed by atoms with Crippen LogP contribution in [0.3, 0.4) is 0 Å². The van der Waals surface area contributed by atoms with Crippen molar-refractivity contribution in [3.63, 3.8) is 0 Å². The summed E-state index contributed by atoms with van der Waals surface area (Å²) in [5.41, 5.74) is 9.74. The van der Waals surface area contributed by atoms with Gasteiger partial charge in [0.2, 0.25) is 0 Å². The fraction of sp³-hybridized carbons (Fsp3) is 0.267. The summed E-state index contributed by atoms with van der Waals surface area (Å²) < 4.78 is 0. The Bertz CT molecular complexity index is 749. The van der Waals surface area contributed by atoms with Gasteiger partial charge in [-0.3, -0.25) is 5.10 Å². The van der Waals surface area contributed by atoms with Gasteiger partial charge in [-0.25, -0.2) is 9.97 Å². The van der Waals surface area contributed by atoms with Crippen molar-refractivity contribution in [3.05, 3.63) is 42.0 Å². The highest BCUT2D eigenvalue weighted by Gasteiger charge is 2.04. The summed E-state index contributed by atoms with van der Waals surface area (Å²) in [6.45, 7) is 2.89. The van der Waals surface area contributed by atoms with Gasteiger partial charge in [0, 0.05) is 23.3 Å². The third kappa shape index (κ3) is 2.94. The molecule has 0 aliphatic rings. The maximum absolute atomic E-state index is 5.77. The zero-order valence-corrected chi connectivity index (χ0v) is 11.9. The van der Waals surface area contributed by atoms with Gasteiger partial charge in [-0.05, 0) is 43.5 Å². The van der Waals surface area contributed by atoms with Crippen molar-refractivity contribution in [2.45, 2.75) is 19.8 Å². The molecule has 0 fully saturated rings. The number of aromatic nitrogens is 4. The van der Waals surface area contributed by atoms with Crippen molar-refractivity contribution in [3.8, 4) is 0 Å². The zero-order chi connectivity index (χ0) is 14.7. The Morgan fingerprint density at radius 3 is 3.00 bits per heavy atom. The molecule has 2 aromatic heterocycles. The van der Waals surface area contributed by atoms with Gasteiger partial charge in [0.05, 0.1) is 11.7 Å². The van der Waals surface area contributed by atoms with Crippen LogP contribution in [0.25, 0.3) is 10.9 Å². The number of anilines is 2. The molecule has 0 atom stereocenters. The minimum atomic E-state index is 0.711. The molecule has 0 radical (unpaired) electrons. The average Bonchev–Trinajstić information content (AvgIpc) is 2.88. The van der Waals surface area contributed by atoms with Crippen LogP contribution in [0, 0.1) is 6.92 Å². The minimum Gasteiger partial charge on any atom is -0.399 e. The molecular weight excluding hydrogens is 264 g/mol. The van der Waals surface area contributed by atoms with E-state index in [1.165, 1.54) is 5.56 Å². The van der Waals surface area contributed by atoms with E-state index in [4.69, 9.17) is 5.73 Å². The Balaban J connectivity index is 1.64. The van der Waals surface area contributed by atoms with Gasteiger partial charge in [0.1, 0.15) is 12.1 Å². The summed E-state index contributed by atoms with van der Waals surface area (Å²) in [5.74, 6) is 0.851. The monoisotopic (exact) mass is 282 g/mol. The fourth-order valence-corrected chi connectivity index (χ4v) is 2.33. The second kappa shape index (κ2) is 5.78. The maximum Gasteiger partial charge on any atom is 0.137 e. The van der Waals surface area contributed by atoms with E-state index in [-0.39, 0.29) is 0 Å². The van der Waals surface area contributed by atoms with Crippen LogP contribution in [0.15, 0.2) is 30.7 Å². The van der Waals surface area contributed by atoms with Gasteiger partial charge >= 0.3 is 0 Å². The number of rotatable bonds is 5. The SMILES string of the molecule is Cc1[nH]ncc1CCCNc1ncnc2cc(N)ccc12. The van der Waals surface area contributed by atoms with Crippen LogP contribution in [0.1, 0.15) is 17.7 Å². The third-order valence-corrected chi connectivity index (χ3v) is 3.51. The van der Waals surface area contributed by atoms with E-state index < -0.39 is 0 Å². The van der Waals surface area contributed by atoms with E-state index in [9.17, 15) is 0 Å². The minimum absolute atomic E-state index is 0.711. The average molecular weight is 282 g/mol. The lowest BCUT2D eigenvalue weighted by Gasteiger charge is -2.08. The van der Waals surface area contributed by atoms with Crippen molar-refractivity contribution in [1.82, 2.24) is 20.2 Å². The molecule has 21 heavy (non-hydrogen) atoms. The van der Waals surface area contributed by atoms with Crippen molar-refractivity contribution < 1.29 is 0 Å². The fourth-order valence-electron chi connectivity index (χ4n) is 2.33. The summed E-state index contributed by atoms with van der Waals surface area (Å²) in [6.07, 6.45) is 5.45. The molecule has 0 bridgehead atoms. The van der Waals surface area contributed by atoms with Crippen LogP contribution in [0.5, 0.6) is 0 Å². The van der Waals surface area contributed by atoms with Crippen LogP contribution in [-0.4, -0.2) is 26.7 Å². The van der Waals surface area contributed by atoms with Gasteiger partial charge in [-0.1, -0.05) is 0 Å². The molecule has 0 amide bonds. The molecule has 3 aromatic rings. The Morgan fingerprint density at radius 1 is 1.29 bits per heavy atom. The van der Waals surface area contributed by atoms with E-state index in [2.05, 4.69) is 25.5 Å². The number of nitrogen functional groups attached to an aromatic ring is 1. The molecule has 108 valence electrons. The van der Waals surface area contributed by atoms with Crippen LogP contribution in [0.2, 0.25) is 0 Å². The van der Waals surface area contributed by atoms with Crippen LogP contribution >= 0.6 is 0 Å². The Labute approximate surface area is 122 Å². The van der Waals surface area contributed by atoms with E-state index >= 15 is 0 Å². The second-order valence-corrected chi connectivity index (χ2v) is 5.05. The number of aryl methyl sites for hydroxylation is 2. The highest BCUT2D eigenvalue weighted by atomic mass is 15.1. The van der Waals surface area contributed by atoms with Crippen LogP contribution in [-0.2, 0) is 6.42 Å². The number of H-pyrrole nitrogens is 1. The van der Waals surface area contributed by atoms with Crippen molar-refractivity contribution in [2.24, 2.45) is 0 Å². The van der Waals surface area contributed by atoms with Crippen molar-refractivity contribution >= 4 is 22.4 Å². The standard InChI is InChI=1S/C15H18N6/c1-10-11(8-20-21-10)3-2-6-17-15-13-5-4-12(16)7-14(13)18-9-19-15/h4-5,7-9H,2-3,6,16H2,1H3,(H,20,21)(H,17,18,19).